The summed E-state index contributed by atoms with van der Waals surface area (Å²) in [6, 6.07) is 8.15. The SMILES string of the molecule is Nc1ccc(C2NC3CC(OC[C@H]4CO4)=CCC3O2)cc1. The highest BCUT2D eigenvalue weighted by Crippen LogP contribution is 2.33. The number of hydrogen-bond acceptors (Lipinski definition) is 5. The number of nitrogens with two attached hydrogens (primary N) is 1. The van der Waals surface area contributed by atoms with E-state index in [1.54, 1.807) is 0 Å². The van der Waals surface area contributed by atoms with Crippen LogP contribution in [0.25, 0.3) is 0 Å². The summed E-state index contributed by atoms with van der Waals surface area (Å²) in [4.78, 5) is 0. The third kappa shape index (κ3) is 2.90. The fourth-order valence-corrected chi connectivity index (χ4v) is 2.90. The summed E-state index contributed by atoms with van der Waals surface area (Å²) in [7, 11) is 0. The maximum atomic E-state index is 6.10. The minimum absolute atomic E-state index is 0.0554. The highest BCUT2D eigenvalue weighted by atomic mass is 16.6. The monoisotopic (exact) mass is 288 g/mol. The number of fused-ring (bicyclic) bond motifs is 1. The molecule has 3 aliphatic rings. The maximum Gasteiger partial charge on any atom is 0.135 e. The Balaban J connectivity index is 1.37. The van der Waals surface area contributed by atoms with Gasteiger partial charge in [0.1, 0.15) is 18.9 Å². The highest BCUT2D eigenvalue weighted by molar-refractivity contribution is 5.40. The zero-order chi connectivity index (χ0) is 14.2. The van der Waals surface area contributed by atoms with E-state index in [-0.39, 0.29) is 12.3 Å². The molecule has 2 saturated heterocycles. The Bertz CT molecular complexity index is 539. The van der Waals surface area contributed by atoms with Gasteiger partial charge in [-0.15, -0.1) is 0 Å². The third-order valence-electron chi connectivity index (χ3n) is 4.22. The summed E-state index contributed by atoms with van der Waals surface area (Å²) in [6.45, 7) is 1.51. The Hall–Kier alpha value is -1.56. The van der Waals surface area contributed by atoms with Crippen LogP contribution in [0, 0.1) is 0 Å². The van der Waals surface area contributed by atoms with Crippen molar-refractivity contribution in [1.82, 2.24) is 5.32 Å². The van der Waals surface area contributed by atoms with Gasteiger partial charge in [-0.25, -0.2) is 0 Å². The third-order valence-corrected chi connectivity index (χ3v) is 4.22. The van der Waals surface area contributed by atoms with E-state index in [1.807, 2.05) is 24.3 Å². The number of ether oxygens (including phenoxy) is 3. The highest BCUT2D eigenvalue weighted by Gasteiger charge is 2.38. The molecule has 5 heteroatoms. The van der Waals surface area contributed by atoms with E-state index in [1.165, 1.54) is 0 Å². The second-order valence-electron chi connectivity index (χ2n) is 5.87. The van der Waals surface area contributed by atoms with Crippen LogP contribution in [0.4, 0.5) is 5.69 Å². The van der Waals surface area contributed by atoms with Gasteiger partial charge in [0.2, 0.25) is 0 Å². The smallest absolute Gasteiger partial charge is 0.135 e. The van der Waals surface area contributed by atoms with Crippen LogP contribution in [0.1, 0.15) is 24.6 Å². The van der Waals surface area contributed by atoms with Gasteiger partial charge in [-0.2, -0.15) is 0 Å². The summed E-state index contributed by atoms with van der Waals surface area (Å²) >= 11 is 0. The average molecular weight is 288 g/mol. The van der Waals surface area contributed by atoms with Gasteiger partial charge < -0.3 is 19.9 Å². The number of anilines is 1. The van der Waals surface area contributed by atoms with E-state index < -0.39 is 0 Å². The summed E-state index contributed by atoms with van der Waals surface area (Å²) < 4.78 is 17.1. The van der Waals surface area contributed by atoms with Crippen molar-refractivity contribution >= 4 is 5.69 Å². The lowest BCUT2D eigenvalue weighted by Gasteiger charge is -2.23. The molecule has 0 amide bonds. The van der Waals surface area contributed by atoms with Crippen molar-refractivity contribution in [3.8, 4) is 0 Å². The number of rotatable bonds is 4. The van der Waals surface area contributed by atoms with Crippen LogP contribution < -0.4 is 11.1 Å². The predicted octanol–water partition coefficient (Wildman–Crippen LogP) is 1.72. The van der Waals surface area contributed by atoms with E-state index in [9.17, 15) is 0 Å². The molecule has 3 N–H and O–H groups in total. The Labute approximate surface area is 124 Å². The maximum absolute atomic E-state index is 6.10. The van der Waals surface area contributed by atoms with Gasteiger partial charge in [-0.05, 0) is 30.2 Å². The molecule has 2 fully saturated rings. The average Bonchev–Trinajstić information content (AvgIpc) is 3.23. The number of epoxide rings is 1. The van der Waals surface area contributed by atoms with Gasteiger partial charge in [0.15, 0.2) is 0 Å². The number of nitrogens with one attached hydrogen (secondary N) is 1. The molecular weight excluding hydrogens is 268 g/mol. The molecule has 4 rings (SSSR count). The molecule has 3 unspecified atom stereocenters. The van der Waals surface area contributed by atoms with Gasteiger partial charge >= 0.3 is 0 Å². The molecule has 5 nitrogen and oxygen atoms in total. The van der Waals surface area contributed by atoms with Crippen LogP contribution in [0.15, 0.2) is 36.1 Å². The first kappa shape index (κ1) is 13.1. The van der Waals surface area contributed by atoms with Crippen molar-refractivity contribution in [3.63, 3.8) is 0 Å². The molecule has 2 heterocycles. The minimum atomic E-state index is -0.0554. The van der Waals surface area contributed by atoms with Crippen molar-refractivity contribution in [2.45, 2.75) is 37.3 Å². The Kier molecular flexibility index (Phi) is 3.33. The molecule has 0 spiro atoms. The largest absolute Gasteiger partial charge is 0.495 e. The molecule has 1 aromatic rings. The van der Waals surface area contributed by atoms with Crippen molar-refractivity contribution < 1.29 is 14.2 Å². The molecule has 1 aromatic carbocycles. The Morgan fingerprint density at radius 1 is 1.29 bits per heavy atom. The van der Waals surface area contributed by atoms with Crippen LogP contribution in [0.3, 0.4) is 0 Å². The molecule has 1 aliphatic carbocycles. The molecular formula is C16H20N2O3. The van der Waals surface area contributed by atoms with Gasteiger partial charge in [0, 0.05) is 18.2 Å². The van der Waals surface area contributed by atoms with Gasteiger partial charge in [-0.1, -0.05) is 12.1 Å². The summed E-state index contributed by atoms with van der Waals surface area (Å²) in [5.74, 6) is 1.06. The Morgan fingerprint density at radius 2 is 2.10 bits per heavy atom. The van der Waals surface area contributed by atoms with Crippen LogP contribution >= 0.6 is 0 Å². The first-order chi connectivity index (χ1) is 10.3. The molecule has 0 aromatic heterocycles. The molecule has 4 atom stereocenters. The minimum Gasteiger partial charge on any atom is -0.495 e. The molecule has 0 radical (unpaired) electrons. The second kappa shape index (κ2) is 5.33. The van der Waals surface area contributed by atoms with Gasteiger partial charge in [0.05, 0.1) is 18.5 Å². The zero-order valence-corrected chi connectivity index (χ0v) is 11.8. The van der Waals surface area contributed by atoms with E-state index in [2.05, 4.69) is 11.4 Å². The van der Waals surface area contributed by atoms with Crippen molar-refractivity contribution in [1.29, 1.82) is 0 Å². The van der Waals surface area contributed by atoms with Crippen LogP contribution in [-0.2, 0) is 14.2 Å². The molecule has 21 heavy (non-hydrogen) atoms. The molecule has 2 aliphatic heterocycles. The second-order valence-corrected chi connectivity index (χ2v) is 5.87. The first-order valence-corrected chi connectivity index (χ1v) is 7.48. The standard InChI is InChI=1S/C16H20N2O3/c17-11-3-1-10(2-4-11)16-18-14-7-12(5-6-15(14)21-16)19-8-13-9-20-13/h1-5,13-16,18H,6-9,17H2/t13-,14?,15?,16?/m0/s1. The fourth-order valence-electron chi connectivity index (χ4n) is 2.90. The van der Waals surface area contributed by atoms with E-state index in [0.29, 0.717) is 18.8 Å². The van der Waals surface area contributed by atoms with Crippen molar-refractivity contribution in [2.24, 2.45) is 0 Å². The number of hydrogen-bond donors (Lipinski definition) is 2. The van der Waals surface area contributed by atoms with Gasteiger partial charge in [-0.3, -0.25) is 5.32 Å². The summed E-state index contributed by atoms with van der Waals surface area (Å²) in [6.07, 6.45) is 4.39. The fraction of sp³-hybridized carbons (Fsp3) is 0.500. The lowest BCUT2D eigenvalue weighted by molar-refractivity contribution is 0.0331. The normalized spacial score (nSPS) is 34.2. The van der Waals surface area contributed by atoms with E-state index in [4.69, 9.17) is 19.9 Å². The first-order valence-electron chi connectivity index (χ1n) is 7.48. The van der Waals surface area contributed by atoms with Crippen LogP contribution in [0.2, 0.25) is 0 Å². The van der Waals surface area contributed by atoms with Crippen molar-refractivity contribution in [2.75, 3.05) is 18.9 Å². The van der Waals surface area contributed by atoms with Crippen LogP contribution in [-0.4, -0.2) is 31.5 Å². The van der Waals surface area contributed by atoms with Crippen molar-refractivity contribution in [3.05, 3.63) is 41.7 Å². The quantitative estimate of drug-likeness (QED) is 0.652. The number of nitrogen functional groups attached to an aromatic ring is 1. The molecule has 112 valence electrons. The molecule has 0 saturated carbocycles. The lowest BCUT2D eigenvalue weighted by atomic mass is 9.98. The van der Waals surface area contributed by atoms with Gasteiger partial charge in [0.25, 0.3) is 0 Å². The summed E-state index contributed by atoms with van der Waals surface area (Å²) in [5, 5.41) is 3.55. The predicted molar refractivity (Wildman–Crippen MR) is 78.4 cm³/mol. The summed E-state index contributed by atoms with van der Waals surface area (Å²) in [5.41, 5.74) is 7.62. The molecule has 0 bridgehead atoms. The van der Waals surface area contributed by atoms with E-state index in [0.717, 1.165) is 36.5 Å². The zero-order valence-electron chi connectivity index (χ0n) is 11.8. The van der Waals surface area contributed by atoms with E-state index >= 15 is 0 Å². The Morgan fingerprint density at radius 3 is 2.86 bits per heavy atom. The lowest BCUT2D eigenvalue weighted by Crippen LogP contribution is -2.34. The van der Waals surface area contributed by atoms with Crippen LogP contribution in [0.5, 0.6) is 0 Å². The topological polar surface area (TPSA) is 69.0 Å². The number of benzene rings is 1.